The number of Topliss-reactive ketones (excluding diaryl/α,β-unsaturated/α-hetero) is 1. The maximum atomic E-state index is 14.2. The largest absolute Gasteiger partial charge is 0.507 e. The zero-order valence-corrected chi connectivity index (χ0v) is 22.3. The van der Waals surface area contributed by atoms with Crippen LogP contribution in [0.15, 0.2) is 115 Å². The molecule has 0 unspecified atom stereocenters. The fourth-order valence-electron chi connectivity index (χ4n) is 4.76. The third-order valence-corrected chi connectivity index (χ3v) is 7.51. The van der Waals surface area contributed by atoms with Crippen molar-refractivity contribution in [1.82, 2.24) is 0 Å². The van der Waals surface area contributed by atoms with E-state index in [0.29, 0.717) is 38.0 Å². The fraction of sp³-hybridized carbons (Fsp3) is 0.0645. The van der Waals surface area contributed by atoms with Gasteiger partial charge in [0.2, 0.25) is 0 Å². The van der Waals surface area contributed by atoms with Crippen molar-refractivity contribution in [3.63, 3.8) is 0 Å². The van der Waals surface area contributed by atoms with Crippen molar-refractivity contribution >= 4 is 63.5 Å². The van der Waals surface area contributed by atoms with E-state index >= 15 is 0 Å². The number of anilines is 1. The lowest BCUT2D eigenvalue weighted by atomic mass is 9.72. The molecule has 4 aromatic rings. The zero-order valence-electron chi connectivity index (χ0n) is 20.0. The van der Waals surface area contributed by atoms with Gasteiger partial charge in [0, 0.05) is 38.4 Å². The molecule has 1 aliphatic heterocycles. The van der Waals surface area contributed by atoms with E-state index in [4.69, 9.17) is 35.4 Å². The standard InChI is InChI=1S/C31H22Cl2N2O2S/c32-22-15-11-19(12-16-22)25-26(28(36)20-7-3-1-4-8-20)30(34)35(24-9-5-2-6-10-24)31(38)27(25)29(37)21-13-17-23(33)18-14-21/h1-18,25,27,34,36H/b28-26+,34-30?/t25-,27-/m1/s1. The molecule has 38 heavy (non-hydrogen) atoms. The average Bonchev–Trinajstić information content (AvgIpc) is 2.94. The number of aliphatic hydroxyl groups is 1. The first-order chi connectivity index (χ1) is 18.4. The van der Waals surface area contributed by atoms with Gasteiger partial charge in [-0.1, -0.05) is 96.1 Å². The smallest absolute Gasteiger partial charge is 0.173 e. The predicted molar refractivity (Wildman–Crippen MR) is 159 cm³/mol. The number of amidine groups is 1. The highest BCUT2D eigenvalue weighted by atomic mass is 35.5. The number of rotatable bonds is 5. The zero-order chi connectivity index (χ0) is 26.8. The molecule has 0 bridgehead atoms. The van der Waals surface area contributed by atoms with E-state index in [0.717, 1.165) is 0 Å². The number of piperidine rings is 1. The van der Waals surface area contributed by atoms with Crippen molar-refractivity contribution in [3.8, 4) is 0 Å². The molecule has 1 aliphatic rings. The molecule has 0 aromatic heterocycles. The number of nitrogens with one attached hydrogen (secondary N) is 1. The Morgan fingerprint density at radius 3 is 1.87 bits per heavy atom. The lowest BCUT2D eigenvalue weighted by molar-refractivity contribution is 0.0946. The molecule has 0 saturated carbocycles. The summed E-state index contributed by atoms with van der Waals surface area (Å²) in [4.78, 5) is 16.0. The topological polar surface area (TPSA) is 64.4 Å². The Labute approximate surface area is 236 Å². The van der Waals surface area contributed by atoms with Crippen molar-refractivity contribution in [2.45, 2.75) is 5.92 Å². The number of carbonyl (C=O) groups excluding carboxylic acids is 1. The minimum absolute atomic E-state index is 0.00246. The van der Waals surface area contributed by atoms with Crippen molar-refractivity contribution in [3.05, 3.63) is 142 Å². The fourth-order valence-corrected chi connectivity index (χ4v) is 5.45. The van der Waals surface area contributed by atoms with Gasteiger partial charge < -0.3 is 5.11 Å². The Balaban J connectivity index is 1.79. The summed E-state index contributed by atoms with van der Waals surface area (Å²) < 4.78 is 0. The van der Waals surface area contributed by atoms with Crippen molar-refractivity contribution < 1.29 is 9.90 Å². The number of hydrogen-bond donors (Lipinski definition) is 2. The summed E-state index contributed by atoms with van der Waals surface area (Å²) in [6, 6.07) is 31.9. The number of halogens is 2. The monoisotopic (exact) mass is 556 g/mol. The van der Waals surface area contributed by atoms with Crippen LogP contribution in [0.4, 0.5) is 5.69 Å². The maximum absolute atomic E-state index is 14.2. The van der Waals surface area contributed by atoms with Gasteiger partial charge in [-0.25, -0.2) is 0 Å². The molecule has 0 aliphatic carbocycles. The van der Waals surface area contributed by atoms with Crippen LogP contribution in [0.1, 0.15) is 27.4 Å². The minimum atomic E-state index is -0.900. The lowest BCUT2D eigenvalue weighted by Crippen LogP contribution is -2.51. The van der Waals surface area contributed by atoms with Gasteiger partial charge in [0.25, 0.3) is 0 Å². The molecule has 188 valence electrons. The molecule has 4 nitrogen and oxygen atoms in total. The molecule has 1 fully saturated rings. The van der Waals surface area contributed by atoms with Gasteiger partial charge in [0.1, 0.15) is 16.6 Å². The maximum Gasteiger partial charge on any atom is 0.173 e. The van der Waals surface area contributed by atoms with E-state index in [1.54, 1.807) is 53.4 Å². The molecule has 4 aromatic carbocycles. The Morgan fingerprint density at radius 2 is 1.29 bits per heavy atom. The molecule has 5 rings (SSSR count). The highest BCUT2D eigenvalue weighted by Crippen LogP contribution is 2.45. The first-order valence-corrected chi connectivity index (χ1v) is 13.0. The molecular weight excluding hydrogens is 535 g/mol. The van der Waals surface area contributed by atoms with E-state index in [2.05, 4.69) is 0 Å². The highest BCUT2D eigenvalue weighted by molar-refractivity contribution is 7.80. The van der Waals surface area contributed by atoms with Crippen LogP contribution in [0.5, 0.6) is 0 Å². The van der Waals surface area contributed by atoms with Gasteiger partial charge in [0.05, 0.1) is 5.92 Å². The molecule has 1 heterocycles. The van der Waals surface area contributed by atoms with E-state index in [9.17, 15) is 15.3 Å². The molecule has 1 saturated heterocycles. The Kier molecular flexibility index (Phi) is 7.43. The SMILES string of the molecule is N=C1/C(=C(/O)c2ccccc2)[C@@H](c2ccc(Cl)cc2)[C@H](C(=O)c2ccc(Cl)cc2)C(=S)N1c1ccccc1. The molecular formula is C31H22Cl2N2O2S. The summed E-state index contributed by atoms with van der Waals surface area (Å²) >= 11 is 18.3. The number of hydrogen-bond acceptors (Lipinski definition) is 4. The Morgan fingerprint density at radius 1 is 0.763 bits per heavy atom. The first kappa shape index (κ1) is 25.9. The van der Waals surface area contributed by atoms with Crippen LogP contribution in [-0.2, 0) is 0 Å². The second kappa shape index (κ2) is 10.9. The number of carbonyl (C=O) groups is 1. The molecule has 0 amide bonds. The molecule has 2 atom stereocenters. The second-order valence-corrected chi connectivity index (χ2v) is 10.2. The minimum Gasteiger partial charge on any atom is -0.507 e. The van der Waals surface area contributed by atoms with Crippen LogP contribution in [-0.4, -0.2) is 21.7 Å². The number of aliphatic hydroxyl groups excluding tert-OH is 1. The van der Waals surface area contributed by atoms with Crippen molar-refractivity contribution in [2.24, 2.45) is 5.92 Å². The normalized spacial score (nSPS) is 18.8. The van der Waals surface area contributed by atoms with Crippen LogP contribution >= 0.6 is 35.4 Å². The molecule has 2 N–H and O–H groups in total. The lowest BCUT2D eigenvalue weighted by Gasteiger charge is -2.42. The summed E-state index contributed by atoms with van der Waals surface area (Å²) in [5, 5.41) is 22.0. The van der Waals surface area contributed by atoms with Gasteiger partial charge in [-0.2, -0.15) is 0 Å². The first-order valence-electron chi connectivity index (χ1n) is 11.9. The number of nitrogens with zero attached hydrogens (tertiary/aromatic N) is 1. The van der Waals surface area contributed by atoms with Gasteiger partial charge in [-0.05, 0) is 54.1 Å². The Bertz CT molecular complexity index is 1540. The number of ketones is 1. The van der Waals surface area contributed by atoms with Crippen LogP contribution in [0.25, 0.3) is 5.76 Å². The van der Waals surface area contributed by atoms with Crippen LogP contribution < -0.4 is 4.90 Å². The summed E-state index contributed by atoms with van der Waals surface area (Å²) in [6.45, 7) is 0. The molecule has 7 heteroatoms. The van der Waals surface area contributed by atoms with E-state index in [1.165, 1.54) is 0 Å². The van der Waals surface area contributed by atoms with Gasteiger partial charge in [-0.3, -0.25) is 15.1 Å². The predicted octanol–water partition coefficient (Wildman–Crippen LogP) is 8.37. The van der Waals surface area contributed by atoms with E-state index in [1.807, 2.05) is 60.7 Å². The van der Waals surface area contributed by atoms with Gasteiger partial charge >= 0.3 is 0 Å². The number of para-hydroxylation sites is 1. The van der Waals surface area contributed by atoms with Crippen LogP contribution in [0.2, 0.25) is 10.0 Å². The number of thiocarbonyl (C=S) groups is 1. The van der Waals surface area contributed by atoms with Crippen LogP contribution in [0.3, 0.4) is 0 Å². The Hall–Kier alpha value is -3.77. The summed E-state index contributed by atoms with van der Waals surface area (Å²) in [5.41, 5.74) is 2.59. The third-order valence-electron chi connectivity index (χ3n) is 6.57. The average molecular weight is 558 g/mol. The van der Waals surface area contributed by atoms with Crippen molar-refractivity contribution in [2.75, 3.05) is 4.90 Å². The molecule has 0 radical (unpaired) electrons. The second-order valence-electron chi connectivity index (χ2n) is 8.86. The quantitative estimate of drug-likeness (QED) is 0.147. The summed E-state index contributed by atoms with van der Waals surface area (Å²) in [7, 11) is 0. The molecule has 0 spiro atoms. The van der Waals surface area contributed by atoms with Gasteiger partial charge in [0.15, 0.2) is 5.78 Å². The highest BCUT2D eigenvalue weighted by Gasteiger charge is 2.47. The summed E-state index contributed by atoms with van der Waals surface area (Å²) in [5.74, 6) is -1.97. The van der Waals surface area contributed by atoms with Gasteiger partial charge in [-0.15, -0.1) is 0 Å². The van der Waals surface area contributed by atoms with E-state index in [-0.39, 0.29) is 22.4 Å². The summed E-state index contributed by atoms with van der Waals surface area (Å²) in [6.07, 6.45) is 0. The third kappa shape index (κ3) is 4.88. The van der Waals surface area contributed by atoms with Crippen molar-refractivity contribution in [1.29, 1.82) is 5.41 Å². The van der Waals surface area contributed by atoms with Crippen LogP contribution in [0, 0.1) is 11.3 Å². The van der Waals surface area contributed by atoms with E-state index < -0.39 is 11.8 Å². The number of benzene rings is 4.